The number of hydrogen-bond acceptors (Lipinski definition) is 4. The third kappa shape index (κ3) is 3.10. The second-order valence-electron chi connectivity index (χ2n) is 4.87. The largest absolute Gasteiger partial charge is 0.329 e. The van der Waals surface area contributed by atoms with Crippen LogP contribution in [0.3, 0.4) is 0 Å². The van der Waals surface area contributed by atoms with Gasteiger partial charge in [0.2, 0.25) is 0 Å². The highest BCUT2D eigenvalue weighted by atomic mass is 32.2. The van der Waals surface area contributed by atoms with Gasteiger partial charge in [0.1, 0.15) is 9.84 Å². The number of sulfone groups is 1. The van der Waals surface area contributed by atoms with E-state index in [-0.39, 0.29) is 11.8 Å². The monoisotopic (exact) mass is 268 g/mol. The Morgan fingerprint density at radius 2 is 2.11 bits per heavy atom. The molecule has 2 rings (SSSR count). The van der Waals surface area contributed by atoms with E-state index in [1.807, 2.05) is 12.1 Å². The van der Waals surface area contributed by atoms with Gasteiger partial charge in [0.25, 0.3) is 0 Å². The van der Waals surface area contributed by atoms with E-state index in [1.165, 1.54) is 17.4 Å². The second kappa shape index (κ2) is 5.38. The number of nitrogens with zero attached hydrogens (tertiary/aromatic N) is 1. The highest BCUT2D eigenvalue weighted by molar-refractivity contribution is 7.90. The summed E-state index contributed by atoms with van der Waals surface area (Å²) in [5.74, 6) is 0.200. The third-order valence-electron chi connectivity index (χ3n) is 3.50. The van der Waals surface area contributed by atoms with Crippen LogP contribution >= 0.6 is 0 Å². The zero-order chi connectivity index (χ0) is 13.2. The Morgan fingerprint density at radius 1 is 1.39 bits per heavy atom. The first-order valence-corrected chi connectivity index (χ1v) is 8.27. The molecule has 1 unspecified atom stereocenters. The minimum Gasteiger partial charge on any atom is -0.329 e. The van der Waals surface area contributed by atoms with E-state index >= 15 is 0 Å². The number of benzene rings is 1. The van der Waals surface area contributed by atoms with Gasteiger partial charge in [-0.2, -0.15) is 0 Å². The second-order valence-corrected chi connectivity index (χ2v) is 7.13. The van der Waals surface area contributed by atoms with E-state index < -0.39 is 9.84 Å². The molecule has 0 fully saturated rings. The first-order chi connectivity index (χ1) is 8.51. The summed E-state index contributed by atoms with van der Waals surface area (Å²) in [6.45, 7) is 1.98. The minimum absolute atomic E-state index is 0.150. The Morgan fingerprint density at radius 3 is 2.78 bits per heavy atom. The van der Waals surface area contributed by atoms with Crippen LogP contribution in [0.25, 0.3) is 0 Å². The summed E-state index contributed by atoms with van der Waals surface area (Å²) in [7, 11) is -2.91. The molecule has 1 aromatic rings. The fourth-order valence-corrected chi connectivity index (χ4v) is 3.10. The van der Waals surface area contributed by atoms with Gasteiger partial charge in [0.05, 0.1) is 5.75 Å². The van der Waals surface area contributed by atoms with Gasteiger partial charge in [0, 0.05) is 31.9 Å². The fourth-order valence-electron chi connectivity index (χ4n) is 2.53. The SMILES string of the molecule is CS(=O)(=O)CCN1CCc2ccccc2C1CN. The Labute approximate surface area is 109 Å². The summed E-state index contributed by atoms with van der Waals surface area (Å²) in [6, 6.07) is 8.43. The van der Waals surface area contributed by atoms with Crippen LogP contribution in [0.2, 0.25) is 0 Å². The maximum absolute atomic E-state index is 11.3. The summed E-state index contributed by atoms with van der Waals surface area (Å²) in [5, 5.41) is 0. The van der Waals surface area contributed by atoms with Crippen molar-refractivity contribution in [1.29, 1.82) is 0 Å². The molecule has 4 nitrogen and oxygen atoms in total. The summed E-state index contributed by atoms with van der Waals surface area (Å²) < 4.78 is 22.5. The van der Waals surface area contributed by atoms with E-state index in [0.717, 1.165) is 13.0 Å². The van der Waals surface area contributed by atoms with Crippen LogP contribution in [0.4, 0.5) is 0 Å². The van der Waals surface area contributed by atoms with E-state index in [2.05, 4.69) is 17.0 Å². The summed E-state index contributed by atoms with van der Waals surface area (Å²) in [5.41, 5.74) is 8.44. The molecule has 0 spiro atoms. The van der Waals surface area contributed by atoms with Crippen LogP contribution in [0.1, 0.15) is 17.2 Å². The topological polar surface area (TPSA) is 63.4 Å². The summed E-state index contributed by atoms with van der Waals surface area (Å²) >= 11 is 0. The molecule has 0 radical (unpaired) electrons. The number of fused-ring (bicyclic) bond motifs is 1. The van der Waals surface area contributed by atoms with Gasteiger partial charge in [0.15, 0.2) is 0 Å². The molecule has 1 atom stereocenters. The lowest BCUT2D eigenvalue weighted by molar-refractivity contribution is 0.201. The van der Waals surface area contributed by atoms with Crippen molar-refractivity contribution < 1.29 is 8.42 Å². The Kier molecular flexibility index (Phi) is 4.04. The summed E-state index contributed by atoms with van der Waals surface area (Å²) in [4.78, 5) is 2.18. The highest BCUT2D eigenvalue weighted by Crippen LogP contribution is 2.28. The molecule has 5 heteroatoms. The molecule has 0 amide bonds. The van der Waals surface area contributed by atoms with Gasteiger partial charge in [-0.05, 0) is 17.5 Å². The highest BCUT2D eigenvalue weighted by Gasteiger charge is 2.26. The van der Waals surface area contributed by atoms with E-state index in [0.29, 0.717) is 13.1 Å². The maximum atomic E-state index is 11.3. The fraction of sp³-hybridized carbons (Fsp3) is 0.538. The quantitative estimate of drug-likeness (QED) is 0.868. The zero-order valence-electron chi connectivity index (χ0n) is 10.7. The van der Waals surface area contributed by atoms with Crippen LogP contribution in [-0.2, 0) is 16.3 Å². The van der Waals surface area contributed by atoms with Gasteiger partial charge < -0.3 is 5.73 Å². The van der Waals surface area contributed by atoms with E-state index in [4.69, 9.17) is 5.73 Å². The average Bonchev–Trinajstić information content (AvgIpc) is 2.34. The molecule has 1 heterocycles. The summed E-state index contributed by atoms with van der Waals surface area (Å²) in [6.07, 6.45) is 2.25. The Bertz CT molecular complexity index is 513. The lowest BCUT2D eigenvalue weighted by Gasteiger charge is -2.36. The number of nitrogens with two attached hydrogens (primary N) is 1. The van der Waals surface area contributed by atoms with Gasteiger partial charge in [-0.1, -0.05) is 24.3 Å². The first-order valence-electron chi connectivity index (χ1n) is 6.21. The van der Waals surface area contributed by atoms with Crippen molar-refractivity contribution in [3.05, 3.63) is 35.4 Å². The van der Waals surface area contributed by atoms with Crippen LogP contribution in [0.15, 0.2) is 24.3 Å². The Hall–Kier alpha value is -0.910. The molecule has 0 aliphatic carbocycles. The number of hydrogen-bond donors (Lipinski definition) is 1. The predicted octanol–water partition coefficient (Wildman–Crippen LogP) is 0.589. The van der Waals surface area contributed by atoms with Gasteiger partial charge in [-0.15, -0.1) is 0 Å². The average molecular weight is 268 g/mol. The van der Waals surface area contributed by atoms with Crippen molar-refractivity contribution in [2.75, 3.05) is 31.6 Å². The van der Waals surface area contributed by atoms with Crippen LogP contribution < -0.4 is 5.73 Å². The molecule has 18 heavy (non-hydrogen) atoms. The molecule has 1 aliphatic heterocycles. The lowest BCUT2D eigenvalue weighted by atomic mass is 9.93. The molecule has 0 saturated heterocycles. The van der Waals surface area contributed by atoms with Crippen LogP contribution in [0.5, 0.6) is 0 Å². The van der Waals surface area contributed by atoms with Crippen LogP contribution in [-0.4, -0.2) is 45.0 Å². The van der Waals surface area contributed by atoms with Gasteiger partial charge in [-0.25, -0.2) is 8.42 Å². The predicted molar refractivity (Wildman–Crippen MR) is 73.2 cm³/mol. The molecule has 0 aromatic heterocycles. The molecular formula is C13H20N2O2S. The minimum atomic E-state index is -2.91. The van der Waals surface area contributed by atoms with Crippen molar-refractivity contribution in [1.82, 2.24) is 4.90 Å². The van der Waals surface area contributed by atoms with E-state index in [9.17, 15) is 8.42 Å². The smallest absolute Gasteiger partial charge is 0.148 e. The molecule has 100 valence electrons. The van der Waals surface area contributed by atoms with E-state index in [1.54, 1.807) is 0 Å². The molecule has 2 N–H and O–H groups in total. The maximum Gasteiger partial charge on any atom is 0.148 e. The molecule has 0 bridgehead atoms. The molecular weight excluding hydrogens is 248 g/mol. The first kappa shape index (κ1) is 13.5. The molecule has 1 aliphatic rings. The lowest BCUT2D eigenvalue weighted by Crippen LogP contribution is -2.41. The van der Waals surface area contributed by atoms with Crippen molar-refractivity contribution in [3.63, 3.8) is 0 Å². The molecule has 1 aromatic carbocycles. The van der Waals surface area contributed by atoms with Crippen molar-refractivity contribution in [2.24, 2.45) is 5.73 Å². The normalized spacial score (nSPS) is 20.7. The van der Waals surface area contributed by atoms with Crippen molar-refractivity contribution in [2.45, 2.75) is 12.5 Å². The van der Waals surface area contributed by atoms with Gasteiger partial charge >= 0.3 is 0 Å². The standard InChI is InChI=1S/C13H20N2O2S/c1-18(16,17)9-8-15-7-6-11-4-2-3-5-12(11)13(15)10-14/h2-5,13H,6-10,14H2,1H3. The third-order valence-corrected chi connectivity index (χ3v) is 4.42. The van der Waals surface area contributed by atoms with Crippen molar-refractivity contribution >= 4 is 9.84 Å². The molecule has 0 saturated carbocycles. The zero-order valence-corrected chi connectivity index (χ0v) is 11.5. The van der Waals surface area contributed by atoms with Crippen LogP contribution in [0, 0.1) is 0 Å². The van der Waals surface area contributed by atoms with Crippen molar-refractivity contribution in [3.8, 4) is 0 Å². The van der Waals surface area contributed by atoms with Gasteiger partial charge in [-0.3, -0.25) is 4.90 Å². The Balaban J connectivity index is 2.15. The number of rotatable bonds is 4.